The Morgan fingerprint density at radius 1 is 1.10 bits per heavy atom. The van der Waals surface area contributed by atoms with Crippen molar-refractivity contribution in [2.75, 3.05) is 19.9 Å². The fourth-order valence-electron chi connectivity index (χ4n) is 2.92. The van der Waals surface area contributed by atoms with Gasteiger partial charge in [-0.2, -0.15) is 0 Å². The van der Waals surface area contributed by atoms with E-state index in [1.54, 1.807) is 16.5 Å². The Balaban J connectivity index is 1.70. The highest BCUT2D eigenvalue weighted by atomic mass is 32.2. The number of amides is 1. The van der Waals surface area contributed by atoms with Crippen molar-refractivity contribution in [1.82, 2.24) is 14.5 Å². The van der Waals surface area contributed by atoms with E-state index in [9.17, 15) is 9.59 Å². The first kappa shape index (κ1) is 20.7. The van der Waals surface area contributed by atoms with E-state index in [0.717, 1.165) is 11.3 Å². The molecule has 7 heteroatoms. The molecule has 3 aromatic rings. The van der Waals surface area contributed by atoms with Gasteiger partial charge in [0.1, 0.15) is 0 Å². The molecule has 0 fully saturated rings. The maximum Gasteiger partial charge on any atom is 0.357 e. The first-order chi connectivity index (χ1) is 14.0. The molecule has 29 heavy (non-hydrogen) atoms. The largest absolute Gasteiger partial charge is 0.451 e. The predicted octanol–water partition coefficient (Wildman–Crippen LogP) is 3.97. The molecule has 0 N–H and O–H groups in total. The van der Waals surface area contributed by atoms with E-state index in [1.165, 1.54) is 18.0 Å². The molecule has 0 saturated heterocycles. The van der Waals surface area contributed by atoms with Crippen molar-refractivity contribution < 1.29 is 14.3 Å². The molecule has 1 unspecified atom stereocenters. The summed E-state index contributed by atoms with van der Waals surface area (Å²) in [7, 11) is 1.70. The van der Waals surface area contributed by atoms with Crippen LogP contribution < -0.4 is 0 Å². The summed E-state index contributed by atoms with van der Waals surface area (Å²) >= 11 is 1.43. The third-order valence-electron chi connectivity index (χ3n) is 4.72. The number of ether oxygens (including phenoxy) is 1. The number of esters is 1. The Bertz CT molecular complexity index is 973. The number of imidazole rings is 1. The second kappa shape index (κ2) is 9.43. The number of nitrogens with zero attached hydrogens (tertiary/aromatic N) is 3. The van der Waals surface area contributed by atoms with Gasteiger partial charge in [-0.05, 0) is 30.9 Å². The summed E-state index contributed by atoms with van der Waals surface area (Å²) in [4.78, 5) is 31.1. The minimum Gasteiger partial charge on any atom is -0.451 e. The van der Waals surface area contributed by atoms with E-state index < -0.39 is 5.97 Å². The first-order valence-corrected chi connectivity index (χ1v) is 10.4. The standard InChI is InChI=1S/C22H23N3O3S/c1-16(17-10-6-4-7-11-17)24(2)20(26)15-28-21(27)19-14-23-22(29-3)25(19)18-12-8-5-9-13-18/h4-14,16H,15H2,1-3H3. The molecule has 6 nitrogen and oxygen atoms in total. The molecule has 3 rings (SSSR count). The molecule has 1 amide bonds. The Morgan fingerprint density at radius 3 is 2.34 bits per heavy atom. The highest BCUT2D eigenvalue weighted by Crippen LogP contribution is 2.22. The molecule has 150 valence electrons. The van der Waals surface area contributed by atoms with Crippen LogP contribution in [0.2, 0.25) is 0 Å². The third kappa shape index (κ3) is 4.68. The predicted molar refractivity (Wildman–Crippen MR) is 113 cm³/mol. The lowest BCUT2D eigenvalue weighted by Crippen LogP contribution is -2.33. The van der Waals surface area contributed by atoms with Gasteiger partial charge in [-0.25, -0.2) is 9.78 Å². The van der Waals surface area contributed by atoms with Crippen molar-refractivity contribution in [3.05, 3.63) is 78.1 Å². The van der Waals surface area contributed by atoms with E-state index >= 15 is 0 Å². The minimum atomic E-state index is -0.587. The van der Waals surface area contributed by atoms with E-state index in [1.807, 2.05) is 73.8 Å². The van der Waals surface area contributed by atoms with E-state index in [4.69, 9.17) is 4.74 Å². The van der Waals surface area contributed by atoms with Crippen LogP contribution in [0.25, 0.3) is 5.69 Å². The zero-order valence-corrected chi connectivity index (χ0v) is 17.4. The van der Waals surface area contributed by atoms with Crippen molar-refractivity contribution in [2.24, 2.45) is 0 Å². The van der Waals surface area contributed by atoms with Crippen molar-refractivity contribution in [3.8, 4) is 5.69 Å². The normalized spacial score (nSPS) is 11.7. The summed E-state index contributed by atoms with van der Waals surface area (Å²) in [5, 5.41) is 0.671. The van der Waals surface area contributed by atoms with Crippen molar-refractivity contribution in [1.29, 1.82) is 0 Å². The van der Waals surface area contributed by atoms with Crippen molar-refractivity contribution in [3.63, 3.8) is 0 Å². The first-order valence-electron chi connectivity index (χ1n) is 9.17. The van der Waals surface area contributed by atoms with E-state index in [-0.39, 0.29) is 24.2 Å². The summed E-state index contributed by atoms with van der Waals surface area (Å²) in [6.07, 6.45) is 3.36. The lowest BCUT2D eigenvalue weighted by atomic mass is 10.1. The van der Waals surface area contributed by atoms with E-state index in [0.29, 0.717) is 5.16 Å². The Hall–Kier alpha value is -3.06. The fraction of sp³-hybridized carbons (Fsp3) is 0.227. The van der Waals surface area contributed by atoms with Gasteiger partial charge in [0.2, 0.25) is 0 Å². The number of hydrogen-bond donors (Lipinski definition) is 0. The van der Waals surface area contributed by atoms with E-state index in [2.05, 4.69) is 4.98 Å². The Kier molecular flexibility index (Phi) is 6.72. The average Bonchev–Trinajstić information content (AvgIpc) is 3.21. The van der Waals surface area contributed by atoms with Gasteiger partial charge >= 0.3 is 5.97 Å². The number of benzene rings is 2. The van der Waals surface area contributed by atoms with Crippen LogP contribution in [0.15, 0.2) is 72.0 Å². The van der Waals surface area contributed by atoms with Crippen LogP contribution in [-0.2, 0) is 9.53 Å². The molecule has 0 saturated carbocycles. The lowest BCUT2D eigenvalue weighted by molar-refractivity contribution is -0.135. The summed E-state index contributed by atoms with van der Waals surface area (Å²) < 4.78 is 7.05. The molecule has 0 spiro atoms. The minimum absolute atomic E-state index is 0.125. The van der Waals surface area contributed by atoms with Crippen molar-refractivity contribution >= 4 is 23.6 Å². The summed E-state index contributed by atoms with van der Waals surface area (Å²) in [6, 6.07) is 19.0. The molecule has 2 aromatic carbocycles. The Morgan fingerprint density at radius 2 is 1.72 bits per heavy atom. The van der Waals surface area contributed by atoms with Crippen LogP contribution in [0.1, 0.15) is 29.0 Å². The summed E-state index contributed by atoms with van der Waals surface area (Å²) in [6.45, 7) is 1.60. The molecule has 0 aliphatic heterocycles. The van der Waals surface area contributed by atoms with Gasteiger partial charge in [-0.3, -0.25) is 9.36 Å². The molecule has 0 aliphatic rings. The quantitative estimate of drug-likeness (QED) is 0.436. The second-order valence-corrected chi connectivity index (χ2v) is 7.24. The van der Waals surface area contributed by atoms with Gasteiger partial charge < -0.3 is 9.64 Å². The highest BCUT2D eigenvalue weighted by molar-refractivity contribution is 7.98. The molecule has 1 aromatic heterocycles. The molecule has 1 atom stereocenters. The molecule has 0 aliphatic carbocycles. The average molecular weight is 410 g/mol. The fourth-order valence-corrected chi connectivity index (χ4v) is 3.47. The highest BCUT2D eigenvalue weighted by Gasteiger charge is 2.22. The summed E-state index contributed by atoms with van der Waals surface area (Å²) in [5.41, 5.74) is 2.11. The lowest BCUT2D eigenvalue weighted by Gasteiger charge is -2.25. The number of aromatic nitrogens is 2. The molecule has 1 heterocycles. The molecular weight excluding hydrogens is 386 g/mol. The van der Waals surface area contributed by atoms with Crippen LogP contribution >= 0.6 is 11.8 Å². The van der Waals surface area contributed by atoms with Crippen LogP contribution in [0, 0.1) is 0 Å². The molecule has 0 bridgehead atoms. The number of para-hydroxylation sites is 1. The maximum atomic E-state index is 12.7. The topological polar surface area (TPSA) is 64.4 Å². The van der Waals surface area contributed by atoms with Gasteiger partial charge in [0.25, 0.3) is 5.91 Å². The number of carbonyl (C=O) groups excluding carboxylic acids is 2. The van der Waals surface area contributed by atoms with Crippen LogP contribution in [-0.4, -0.2) is 46.2 Å². The number of rotatable bonds is 7. The smallest absolute Gasteiger partial charge is 0.357 e. The number of likely N-dealkylation sites (N-methyl/N-ethyl adjacent to an activating group) is 1. The number of hydrogen-bond acceptors (Lipinski definition) is 5. The van der Waals surface area contributed by atoms with Gasteiger partial charge in [0.05, 0.1) is 12.2 Å². The maximum absolute atomic E-state index is 12.7. The Labute approximate surface area is 174 Å². The number of carbonyl (C=O) groups is 2. The van der Waals surface area contributed by atoms with Gasteiger partial charge in [0.15, 0.2) is 17.5 Å². The number of thioether (sulfide) groups is 1. The summed E-state index contributed by atoms with van der Waals surface area (Å²) in [5.74, 6) is -0.860. The van der Waals surface area contributed by atoms with Crippen molar-refractivity contribution in [2.45, 2.75) is 18.1 Å². The SMILES string of the molecule is CSc1ncc(C(=O)OCC(=O)N(C)C(C)c2ccccc2)n1-c1ccccc1. The molecule has 0 radical (unpaired) electrons. The van der Waals surface area contributed by atoms with Gasteiger partial charge in [-0.1, -0.05) is 60.3 Å². The second-order valence-electron chi connectivity index (χ2n) is 6.47. The van der Waals surface area contributed by atoms with Gasteiger partial charge in [-0.15, -0.1) is 0 Å². The van der Waals surface area contributed by atoms with Crippen LogP contribution in [0.3, 0.4) is 0 Å². The zero-order valence-electron chi connectivity index (χ0n) is 16.6. The zero-order chi connectivity index (χ0) is 20.8. The van der Waals surface area contributed by atoms with Gasteiger partial charge in [0, 0.05) is 12.7 Å². The van der Waals surface area contributed by atoms with Crippen LogP contribution in [0.5, 0.6) is 0 Å². The third-order valence-corrected chi connectivity index (χ3v) is 5.37. The van der Waals surface area contributed by atoms with Crippen LogP contribution in [0.4, 0.5) is 0 Å². The monoisotopic (exact) mass is 409 g/mol. The molecular formula is C22H23N3O3S.